The smallest absolute Gasteiger partial charge is 0.00201 e. The minimum Gasteiger partial charge on any atom is -0.147 e. The highest BCUT2D eigenvalue weighted by Crippen LogP contribution is 2.25. The Labute approximate surface area is 54.9 Å². The van der Waals surface area contributed by atoms with Gasteiger partial charge in [-0.25, -0.2) is 0 Å². The molecule has 0 saturated heterocycles. The van der Waals surface area contributed by atoms with Crippen LogP contribution in [0.4, 0.5) is 0 Å². The first-order chi connectivity index (χ1) is 3.47. The molecule has 42 valence electrons. The summed E-state index contributed by atoms with van der Waals surface area (Å²) in [4.78, 5) is 0. The lowest BCUT2D eigenvalue weighted by atomic mass is 10.4. The van der Waals surface area contributed by atoms with Gasteiger partial charge in [-0.15, -0.1) is 12.4 Å². The molecule has 0 N–H and O–H groups in total. The van der Waals surface area contributed by atoms with Gasteiger partial charge in [-0.1, -0.05) is 24.3 Å². The summed E-state index contributed by atoms with van der Waals surface area (Å²) < 4.78 is 0. The normalized spacial score (nSPS) is 11.5. The fourth-order valence-electron chi connectivity index (χ4n) is 0.836. The predicted molar refractivity (Wildman–Crippen MR) is 36.5 cm³/mol. The van der Waals surface area contributed by atoms with Crippen LogP contribution in [-0.4, -0.2) is 0 Å². The van der Waals surface area contributed by atoms with Crippen LogP contribution in [0.15, 0.2) is 24.3 Å². The van der Waals surface area contributed by atoms with Gasteiger partial charge >= 0.3 is 0 Å². The van der Waals surface area contributed by atoms with Crippen molar-refractivity contribution in [2.24, 2.45) is 0 Å². The van der Waals surface area contributed by atoms with E-state index in [9.17, 15) is 0 Å². The first kappa shape index (κ1) is 5.64. The highest BCUT2D eigenvalue weighted by atomic mass is 35.5. The second-order valence-corrected chi connectivity index (χ2v) is 1.95. The largest absolute Gasteiger partial charge is 0.147 e. The fourth-order valence-corrected chi connectivity index (χ4v) is 0.836. The highest BCUT2D eigenvalue weighted by molar-refractivity contribution is 5.85. The van der Waals surface area contributed by atoms with Crippen molar-refractivity contribution in [2.75, 3.05) is 0 Å². The van der Waals surface area contributed by atoms with E-state index in [1.54, 1.807) is 0 Å². The topological polar surface area (TPSA) is 0 Å². The van der Waals surface area contributed by atoms with Crippen molar-refractivity contribution in [2.45, 2.75) is 6.42 Å². The molecule has 1 aromatic rings. The van der Waals surface area contributed by atoms with Gasteiger partial charge in [0, 0.05) is 0 Å². The Hall–Kier alpha value is -0.490. The molecule has 1 heteroatoms. The van der Waals surface area contributed by atoms with Gasteiger partial charge < -0.3 is 0 Å². The Morgan fingerprint density at radius 1 is 1.00 bits per heavy atom. The van der Waals surface area contributed by atoms with Crippen LogP contribution in [0.5, 0.6) is 0 Å². The van der Waals surface area contributed by atoms with E-state index in [-0.39, 0.29) is 12.4 Å². The number of hydrogen-bond donors (Lipinski definition) is 0. The molecule has 1 aromatic carbocycles. The van der Waals surface area contributed by atoms with Crippen molar-refractivity contribution in [3.05, 3.63) is 35.4 Å². The predicted octanol–water partition coefficient (Wildman–Crippen LogP) is 2.01. The summed E-state index contributed by atoms with van der Waals surface area (Å²) in [6, 6.07) is 8.53. The molecule has 0 heterocycles. The molecule has 0 radical (unpaired) electrons. The van der Waals surface area contributed by atoms with E-state index in [1.807, 2.05) is 0 Å². The zero-order valence-electron chi connectivity index (χ0n) is 4.42. The third-order valence-electron chi connectivity index (χ3n) is 1.37. The third kappa shape index (κ3) is 0.716. The molecular formula is C7H7Cl. The fraction of sp³-hybridized carbons (Fsp3) is 0.143. The molecule has 0 nitrogen and oxygen atoms in total. The average Bonchev–Trinajstić information content (AvgIpc) is 2.41. The molecule has 0 amide bonds. The van der Waals surface area contributed by atoms with Crippen molar-refractivity contribution in [3.8, 4) is 0 Å². The van der Waals surface area contributed by atoms with Crippen LogP contribution in [0.1, 0.15) is 11.1 Å². The Morgan fingerprint density at radius 2 is 1.50 bits per heavy atom. The molecule has 1 aliphatic carbocycles. The maximum absolute atomic E-state index is 2.18. The van der Waals surface area contributed by atoms with Gasteiger partial charge in [-0.2, -0.15) is 0 Å². The van der Waals surface area contributed by atoms with Crippen molar-refractivity contribution in [1.82, 2.24) is 0 Å². The molecular weight excluding hydrogens is 120 g/mol. The SMILES string of the molecule is Cl.c1ccc2c(c1)C2. The molecule has 0 unspecified atom stereocenters. The molecule has 0 spiro atoms. The van der Waals surface area contributed by atoms with Crippen LogP contribution in [0.2, 0.25) is 0 Å². The van der Waals surface area contributed by atoms with Crippen molar-refractivity contribution in [1.29, 1.82) is 0 Å². The van der Waals surface area contributed by atoms with Gasteiger partial charge in [-0.3, -0.25) is 0 Å². The van der Waals surface area contributed by atoms with E-state index >= 15 is 0 Å². The molecule has 0 saturated carbocycles. The highest BCUT2D eigenvalue weighted by Gasteiger charge is 2.12. The minimum absolute atomic E-state index is 0. The first-order valence-electron chi connectivity index (χ1n) is 2.53. The van der Waals surface area contributed by atoms with E-state index in [2.05, 4.69) is 24.3 Å². The van der Waals surface area contributed by atoms with E-state index in [4.69, 9.17) is 0 Å². The van der Waals surface area contributed by atoms with E-state index in [0.717, 1.165) is 0 Å². The molecule has 0 atom stereocenters. The van der Waals surface area contributed by atoms with Gasteiger partial charge in [0.15, 0.2) is 0 Å². The van der Waals surface area contributed by atoms with Crippen LogP contribution < -0.4 is 0 Å². The summed E-state index contributed by atoms with van der Waals surface area (Å²) in [5, 5.41) is 0. The van der Waals surface area contributed by atoms with Crippen LogP contribution in [0, 0.1) is 0 Å². The van der Waals surface area contributed by atoms with Crippen LogP contribution >= 0.6 is 12.4 Å². The second kappa shape index (κ2) is 1.79. The summed E-state index contributed by atoms with van der Waals surface area (Å²) in [5.74, 6) is 0. The Bertz CT molecular complexity index is 172. The lowest BCUT2D eigenvalue weighted by Crippen LogP contribution is -1.48. The molecule has 8 heavy (non-hydrogen) atoms. The monoisotopic (exact) mass is 126 g/mol. The van der Waals surface area contributed by atoms with Crippen LogP contribution in [0.25, 0.3) is 0 Å². The van der Waals surface area contributed by atoms with Crippen molar-refractivity contribution in [3.63, 3.8) is 0 Å². The maximum Gasteiger partial charge on any atom is -0.00201 e. The zero-order valence-corrected chi connectivity index (χ0v) is 5.24. The number of benzene rings is 1. The standard InChI is InChI=1S/C7H6.ClH/c1-2-4-7-5-6(7)3-1;/h1-4H,5H2;1H. The minimum atomic E-state index is 0. The number of fused-ring (bicyclic) bond motifs is 1. The summed E-state index contributed by atoms with van der Waals surface area (Å²) in [6.07, 6.45) is 1.24. The summed E-state index contributed by atoms with van der Waals surface area (Å²) in [5.41, 5.74) is 3.06. The number of hydrogen-bond acceptors (Lipinski definition) is 0. The second-order valence-electron chi connectivity index (χ2n) is 1.95. The molecule has 0 aromatic heterocycles. The lowest BCUT2D eigenvalue weighted by molar-refractivity contribution is 1.61. The van der Waals surface area contributed by atoms with Crippen LogP contribution in [-0.2, 0) is 6.42 Å². The van der Waals surface area contributed by atoms with Gasteiger partial charge in [0.2, 0.25) is 0 Å². The average molecular weight is 127 g/mol. The van der Waals surface area contributed by atoms with Crippen LogP contribution in [0.3, 0.4) is 0 Å². The molecule has 1 aliphatic rings. The number of rotatable bonds is 0. The van der Waals surface area contributed by atoms with Crippen molar-refractivity contribution >= 4 is 12.4 Å². The lowest BCUT2D eigenvalue weighted by Gasteiger charge is -1.69. The van der Waals surface area contributed by atoms with Gasteiger partial charge in [-0.05, 0) is 17.5 Å². The quantitative estimate of drug-likeness (QED) is 0.507. The summed E-state index contributed by atoms with van der Waals surface area (Å²) >= 11 is 0. The zero-order chi connectivity index (χ0) is 4.69. The molecule has 0 aliphatic heterocycles. The molecule has 2 rings (SSSR count). The number of halogens is 1. The molecule has 0 fully saturated rings. The van der Waals surface area contributed by atoms with Gasteiger partial charge in [0.05, 0.1) is 0 Å². The Kier molecular flexibility index (Phi) is 1.26. The van der Waals surface area contributed by atoms with E-state index < -0.39 is 0 Å². The van der Waals surface area contributed by atoms with Gasteiger partial charge in [0.1, 0.15) is 0 Å². The maximum atomic E-state index is 2.18. The third-order valence-corrected chi connectivity index (χ3v) is 1.37. The Balaban J connectivity index is 0.000000320. The summed E-state index contributed by atoms with van der Waals surface area (Å²) in [6.45, 7) is 0. The Morgan fingerprint density at radius 3 is 1.88 bits per heavy atom. The first-order valence-corrected chi connectivity index (χ1v) is 2.53. The van der Waals surface area contributed by atoms with E-state index in [0.29, 0.717) is 0 Å². The van der Waals surface area contributed by atoms with E-state index in [1.165, 1.54) is 17.5 Å². The van der Waals surface area contributed by atoms with Gasteiger partial charge in [0.25, 0.3) is 0 Å². The summed E-state index contributed by atoms with van der Waals surface area (Å²) in [7, 11) is 0. The van der Waals surface area contributed by atoms with Crippen molar-refractivity contribution < 1.29 is 0 Å². The molecule has 0 bridgehead atoms.